The SMILES string of the molecule is C=CCOCC(NC(=O)c1cc(-c2cc(F)cc(OC)c2)cs1)C(C)=O. The average molecular weight is 377 g/mol. The van der Waals surface area contributed by atoms with Gasteiger partial charge in [-0.3, -0.25) is 9.59 Å². The number of thiophene rings is 1. The lowest BCUT2D eigenvalue weighted by Crippen LogP contribution is -2.42. The number of carbonyl (C=O) groups is 2. The Morgan fingerprint density at radius 3 is 2.73 bits per heavy atom. The number of amides is 1. The predicted octanol–water partition coefficient (Wildman–Crippen LogP) is 3.45. The van der Waals surface area contributed by atoms with Gasteiger partial charge in [-0.1, -0.05) is 6.08 Å². The largest absolute Gasteiger partial charge is 0.497 e. The van der Waals surface area contributed by atoms with Gasteiger partial charge in [-0.15, -0.1) is 17.9 Å². The summed E-state index contributed by atoms with van der Waals surface area (Å²) >= 11 is 1.21. The average Bonchev–Trinajstić information content (AvgIpc) is 3.10. The van der Waals surface area contributed by atoms with Crippen LogP contribution in [-0.2, 0) is 9.53 Å². The van der Waals surface area contributed by atoms with Gasteiger partial charge in [0.2, 0.25) is 0 Å². The van der Waals surface area contributed by atoms with Gasteiger partial charge in [-0.05, 0) is 41.6 Å². The molecule has 1 N–H and O–H groups in total. The van der Waals surface area contributed by atoms with E-state index >= 15 is 0 Å². The highest BCUT2D eigenvalue weighted by atomic mass is 32.1. The van der Waals surface area contributed by atoms with E-state index in [0.717, 1.165) is 0 Å². The molecule has 0 saturated heterocycles. The molecule has 26 heavy (non-hydrogen) atoms. The van der Waals surface area contributed by atoms with Crippen molar-refractivity contribution >= 4 is 23.0 Å². The lowest BCUT2D eigenvalue weighted by molar-refractivity contribution is -0.120. The number of rotatable bonds is 9. The first-order valence-electron chi connectivity index (χ1n) is 7.88. The first kappa shape index (κ1) is 19.8. The monoisotopic (exact) mass is 377 g/mol. The van der Waals surface area contributed by atoms with Crippen molar-refractivity contribution in [3.63, 3.8) is 0 Å². The summed E-state index contributed by atoms with van der Waals surface area (Å²) in [5, 5.41) is 4.40. The highest BCUT2D eigenvalue weighted by Gasteiger charge is 2.19. The van der Waals surface area contributed by atoms with Crippen molar-refractivity contribution in [1.29, 1.82) is 0 Å². The molecule has 0 aliphatic carbocycles. The van der Waals surface area contributed by atoms with E-state index in [0.29, 0.717) is 28.4 Å². The minimum absolute atomic E-state index is 0.0758. The summed E-state index contributed by atoms with van der Waals surface area (Å²) < 4.78 is 24.0. The molecule has 1 unspecified atom stereocenters. The normalized spacial score (nSPS) is 11.7. The third-order valence-corrected chi connectivity index (χ3v) is 4.51. The fourth-order valence-corrected chi connectivity index (χ4v) is 3.03. The molecule has 138 valence electrons. The van der Waals surface area contributed by atoms with Crippen LogP contribution in [0.1, 0.15) is 16.6 Å². The zero-order valence-electron chi connectivity index (χ0n) is 14.6. The maximum Gasteiger partial charge on any atom is 0.262 e. The number of nitrogens with one attached hydrogen (secondary N) is 1. The molecule has 2 rings (SSSR count). The maximum atomic E-state index is 13.7. The minimum atomic E-state index is -0.734. The van der Waals surface area contributed by atoms with E-state index in [1.165, 1.54) is 37.5 Å². The van der Waals surface area contributed by atoms with Crippen molar-refractivity contribution in [2.75, 3.05) is 20.3 Å². The molecule has 7 heteroatoms. The first-order chi connectivity index (χ1) is 12.4. The van der Waals surface area contributed by atoms with E-state index in [1.54, 1.807) is 23.6 Å². The molecule has 1 amide bonds. The van der Waals surface area contributed by atoms with Gasteiger partial charge in [0, 0.05) is 6.07 Å². The fraction of sp³-hybridized carbons (Fsp3) is 0.263. The molecule has 0 radical (unpaired) electrons. The van der Waals surface area contributed by atoms with E-state index in [2.05, 4.69) is 11.9 Å². The van der Waals surface area contributed by atoms with Crippen LogP contribution >= 0.6 is 11.3 Å². The molecule has 0 aliphatic heterocycles. The quantitative estimate of drug-likeness (QED) is 0.537. The zero-order valence-corrected chi connectivity index (χ0v) is 15.4. The van der Waals surface area contributed by atoms with Gasteiger partial charge in [0.15, 0.2) is 5.78 Å². The number of benzene rings is 1. The van der Waals surface area contributed by atoms with Gasteiger partial charge in [-0.2, -0.15) is 0 Å². The summed E-state index contributed by atoms with van der Waals surface area (Å²) in [5.74, 6) is -0.609. The summed E-state index contributed by atoms with van der Waals surface area (Å²) in [6, 6.07) is 5.25. The van der Waals surface area contributed by atoms with Crippen LogP contribution < -0.4 is 10.1 Å². The molecular weight excluding hydrogens is 357 g/mol. The van der Waals surface area contributed by atoms with Crippen molar-refractivity contribution in [2.24, 2.45) is 0 Å². The molecule has 0 spiro atoms. The van der Waals surface area contributed by atoms with Crippen molar-refractivity contribution in [2.45, 2.75) is 13.0 Å². The third-order valence-electron chi connectivity index (χ3n) is 3.58. The Morgan fingerprint density at radius 1 is 1.31 bits per heavy atom. The van der Waals surface area contributed by atoms with Crippen molar-refractivity contribution in [1.82, 2.24) is 5.32 Å². The number of methoxy groups -OCH3 is 1. The van der Waals surface area contributed by atoms with Gasteiger partial charge >= 0.3 is 0 Å². The Morgan fingerprint density at radius 2 is 2.08 bits per heavy atom. The number of hydrogen-bond acceptors (Lipinski definition) is 5. The van der Waals surface area contributed by atoms with E-state index in [4.69, 9.17) is 9.47 Å². The predicted molar refractivity (Wildman–Crippen MR) is 99.2 cm³/mol. The smallest absolute Gasteiger partial charge is 0.262 e. The third kappa shape index (κ3) is 5.24. The summed E-state index contributed by atoms with van der Waals surface area (Å²) in [6.07, 6.45) is 1.57. The zero-order chi connectivity index (χ0) is 19.1. The van der Waals surface area contributed by atoms with E-state index < -0.39 is 11.9 Å². The van der Waals surface area contributed by atoms with Crippen LogP contribution in [0, 0.1) is 5.82 Å². The van der Waals surface area contributed by atoms with Crippen LogP contribution in [0.25, 0.3) is 11.1 Å². The lowest BCUT2D eigenvalue weighted by Gasteiger charge is -2.15. The second-order valence-electron chi connectivity index (χ2n) is 5.54. The molecule has 1 aromatic heterocycles. The molecule has 1 heterocycles. The van der Waals surface area contributed by atoms with Crippen molar-refractivity contribution < 1.29 is 23.5 Å². The molecular formula is C19H20FNO4S. The maximum absolute atomic E-state index is 13.7. The van der Waals surface area contributed by atoms with E-state index in [-0.39, 0.29) is 18.3 Å². The number of ketones is 1. The fourth-order valence-electron chi connectivity index (χ4n) is 2.21. The van der Waals surface area contributed by atoms with Gasteiger partial charge in [-0.25, -0.2) is 4.39 Å². The second kappa shape index (κ2) is 9.26. The summed E-state index contributed by atoms with van der Waals surface area (Å²) in [6.45, 7) is 5.29. The van der Waals surface area contributed by atoms with Crippen LogP contribution in [-0.4, -0.2) is 38.1 Å². The molecule has 1 atom stereocenters. The Hall–Kier alpha value is -2.51. The van der Waals surface area contributed by atoms with Gasteiger partial charge in [0.05, 0.1) is 25.2 Å². The standard InChI is InChI=1S/C19H20FNO4S/c1-4-5-25-10-17(12(2)22)21-19(23)18-8-14(11-26-18)13-6-15(20)9-16(7-13)24-3/h4,6-9,11,17H,1,5,10H2,2-3H3,(H,21,23). The van der Waals surface area contributed by atoms with Crippen LogP contribution in [0.15, 0.2) is 42.3 Å². The van der Waals surface area contributed by atoms with E-state index in [9.17, 15) is 14.0 Å². The molecule has 1 aromatic carbocycles. The Bertz CT molecular complexity index is 803. The minimum Gasteiger partial charge on any atom is -0.497 e. The Labute approximate surface area is 155 Å². The molecule has 0 bridgehead atoms. The number of hydrogen-bond donors (Lipinski definition) is 1. The molecule has 0 fully saturated rings. The molecule has 0 aliphatic rings. The number of ether oxygens (including phenoxy) is 2. The first-order valence-corrected chi connectivity index (χ1v) is 8.76. The van der Waals surface area contributed by atoms with Crippen LogP contribution in [0.2, 0.25) is 0 Å². The summed E-state index contributed by atoms with van der Waals surface area (Å²) in [4.78, 5) is 24.5. The molecule has 5 nitrogen and oxygen atoms in total. The topological polar surface area (TPSA) is 64.6 Å². The van der Waals surface area contributed by atoms with Crippen molar-refractivity contribution in [3.8, 4) is 16.9 Å². The lowest BCUT2D eigenvalue weighted by atomic mass is 10.1. The van der Waals surface area contributed by atoms with Crippen LogP contribution in [0.3, 0.4) is 0 Å². The molecule has 2 aromatic rings. The highest BCUT2D eigenvalue weighted by Crippen LogP contribution is 2.29. The number of halogens is 1. The number of Topliss-reactive ketones (excluding diaryl/α,β-unsaturated/α-hetero) is 1. The summed E-state index contributed by atoms with van der Waals surface area (Å²) in [7, 11) is 1.46. The number of carbonyl (C=O) groups excluding carboxylic acids is 2. The summed E-state index contributed by atoms with van der Waals surface area (Å²) in [5.41, 5.74) is 1.30. The van der Waals surface area contributed by atoms with Crippen LogP contribution in [0.5, 0.6) is 5.75 Å². The Balaban J connectivity index is 2.12. The second-order valence-corrected chi connectivity index (χ2v) is 6.45. The van der Waals surface area contributed by atoms with Crippen molar-refractivity contribution in [3.05, 3.63) is 53.0 Å². The molecule has 0 saturated carbocycles. The highest BCUT2D eigenvalue weighted by molar-refractivity contribution is 7.12. The van der Waals surface area contributed by atoms with Gasteiger partial charge in [0.1, 0.15) is 17.6 Å². The van der Waals surface area contributed by atoms with Gasteiger partial charge < -0.3 is 14.8 Å². The van der Waals surface area contributed by atoms with Gasteiger partial charge in [0.25, 0.3) is 5.91 Å². The van der Waals surface area contributed by atoms with Crippen LogP contribution in [0.4, 0.5) is 4.39 Å². The Kier molecular flexibility index (Phi) is 7.06. The van der Waals surface area contributed by atoms with E-state index in [1.807, 2.05) is 0 Å².